The van der Waals surface area contributed by atoms with Crippen LogP contribution in [0.25, 0.3) is 0 Å². The van der Waals surface area contributed by atoms with E-state index in [2.05, 4.69) is 4.72 Å². The lowest BCUT2D eigenvalue weighted by molar-refractivity contribution is 0.555. The first kappa shape index (κ1) is 14.8. The van der Waals surface area contributed by atoms with E-state index in [1.165, 1.54) is 0 Å². The number of hydrogen-bond donors (Lipinski definition) is 2. The van der Waals surface area contributed by atoms with E-state index in [4.69, 9.17) is 5.73 Å². The van der Waals surface area contributed by atoms with Gasteiger partial charge in [0.15, 0.2) is 0 Å². The van der Waals surface area contributed by atoms with Crippen LogP contribution < -0.4 is 15.4 Å². The normalized spacial score (nSPS) is 13.3. The predicted octanol–water partition coefficient (Wildman–Crippen LogP) is 1.30. The van der Waals surface area contributed by atoms with Crippen molar-refractivity contribution >= 4 is 21.4 Å². The molecule has 6 heteroatoms. The molecule has 5 nitrogen and oxygen atoms in total. The second-order valence-corrected chi connectivity index (χ2v) is 6.18. The highest BCUT2D eigenvalue weighted by Gasteiger charge is 2.17. The van der Waals surface area contributed by atoms with Gasteiger partial charge in [0.1, 0.15) is 0 Å². The smallest absolute Gasteiger partial charge is 0.210 e. The minimum atomic E-state index is -3.22. The number of nitrogen functional groups attached to an aromatic ring is 1. The molecule has 1 rings (SSSR count). The van der Waals surface area contributed by atoms with E-state index in [9.17, 15) is 8.42 Å². The molecule has 0 amide bonds. The van der Waals surface area contributed by atoms with Gasteiger partial charge in [-0.2, -0.15) is 4.72 Å². The molecule has 0 spiro atoms. The molecule has 0 radical (unpaired) electrons. The summed E-state index contributed by atoms with van der Waals surface area (Å²) in [6.45, 7) is 6.46. The van der Waals surface area contributed by atoms with Gasteiger partial charge >= 0.3 is 0 Å². The first-order valence-electron chi connectivity index (χ1n) is 5.84. The highest BCUT2D eigenvalue weighted by molar-refractivity contribution is 7.88. The molecule has 0 fully saturated rings. The van der Waals surface area contributed by atoms with Gasteiger partial charge in [0.2, 0.25) is 10.0 Å². The summed E-state index contributed by atoms with van der Waals surface area (Å²) in [7, 11) is -3.22. The Hall–Kier alpha value is -1.27. The molecular formula is C12H21N3O2S. The quantitative estimate of drug-likeness (QED) is 0.625. The molecule has 0 saturated heterocycles. The number of hydrogen-bond acceptors (Lipinski definition) is 4. The van der Waals surface area contributed by atoms with Gasteiger partial charge in [0.25, 0.3) is 0 Å². The molecule has 0 aliphatic rings. The van der Waals surface area contributed by atoms with Crippen molar-refractivity contribution < 1.29 is 8.42 Å². The Morgan fingerprint density at radius 3 is 2.50 bits per heavy atom. The summed E-state index contributed by atoms with van der Waals surface area (Å²) in [5, 5.41) is 0. The number of rotatable bonds is 5. The number of sulfonamides is 1. The zero-order valence-corrected chi connectivity index (χ0v) is 12.1. The molecule has 1 aromatic carbocycles. The van der Waals surface area contributed by atoms with Crippen LogP contribution in [0, 0.1) is 6.92 Å². The van der Waals surface area contributed by atoms with Gasteiger partial charge in [-0.1, -0.05) is 0 Å². The summed E-state index contributed by atoms with van der Waals surface area (Å²) in [4.78, 5) is 1.98. The molecule has 18 heavy (non-hydrogen) atoms. The van der Waals surface area contributed by atoms with Crippen molar-refractivity contribution in [3.63, 3.8) is 0 Å². The Balaban J connectivity index is 3.02. The van der Waals surface area contributed by atoms with Gasteiger partial charge < -0.3 is 10.6 Å². The van der Waals surface area contributed by atoms with Gasteiger partial charge in [-0.25, -0.2) is 8.42 Å². The zero-order chi connectivity index (χ0) is 13.9. The Labute approximate surface area is 109 Å². The monoisotopic (exact) mass is 271 g/mol. The average molecular weight is 271 g/mol. The van der Waals surface area contributed by atoms with Crippen molar-refractivity contribution in [3.8, 4) is 0 Å². The molecule has 0 bridgehead atoms. The highest BCUT2D eigenvalue weighted by Crippen LogP contribution is 2.23. The second kappa shape index (κ2) is 5.58. The minimum Gasteiger partial charge on any atom is -0.399 e. The maximum absolute atomic E-state index is 11.3. The lowest BCUT2D eigenvalue weighted by Gasteiger charge is -2.31. The maximum atomic E-state index is 11.3. The van der Waals surface area contributed by atoms with Crippen LogP contribution in [0.5, 0.6) is 0 Å². The third kappa shape index (κ3) is 3.89. The summed E-state index contributed by atoms with van der Waals surface area (Å²) in [5.74, 6) is 0. The van der Waals surface area contributed by atoms with E-state index in [1.54, 1.807) is 0 Å². The second-order valence-electron chi connectivity index (χ2n) is 4.40. The first-order chi connectivity index (χ1) is 8.24. The summed E-state index contributed by atoms with van der Waals surface area (Å²) in [5.41, 5.74) is 8.43. The first-order valence-corrected chi connectivity index (χ1v) is 7.73. The molecule has 3 N–H and O–H groups in total. The molecule has 0 aliphatic heterocycles. The maximum Gasteiger partial charge on any atom is 0.210 e. The number of nitrogens with two attached hydrogens (primary N) is 1. The summed E-state index contributed by atoms with van der Waals surface area (Å²) >= 11 is 0. The molecular weight excluding hydrogens is 250 g/mol. The van der Waals surface area contributed by atoms with Crippen molar-refractivity contribution in [3.05, 3.63) is 23.8 Å². The molecule has 0 aliphatic carbocycles. The summed E-state index contributed by atoms with van der Waals surface area (Å²) in [6.07, 6.45) is 0.861. The summed E-state index contributed by atoms with van der Waals surface area (Å²) in [6, 6.07) is 5.61. The van der Waals surface area contributed by atoms with Crippen LogP contribution in [0.3, 0.4) is 0 Å². The zero-order valence-electron chi connectivity index (χ0n) is 11.3. The SMILES string of the molecule is CCN(c1ccc(N)cc1C)C(C)NS(C)(=O)=O. The van der Waals surface area contributed by atoms with Crippen LogP contribution in [-0.4, -0.2) is 27.4 Å². The van der Waals surface area contributed by atoms with Gasteiger partial charge in [-0.3, -0.25) is 0 Å². The van der Waals surface area contributed by atoms with E-state index in [0.717, 1.165) is 17.5 Å². The molecule has 102 valence electrons. The van der Waals surface area contributed by atoms with Crippen LogP contribution in [0.1, 0.15) is 19.4 Å². The molecule has 1 aromatic rings. The number of nitrogens with zero attached hydrogens (tertiary/aromatic N) is 1. The van der Waals surface area contributed by atoms with E-state index in [-0.39, 0.29) is 6.17 Å². The van der Waals surface area contributed by atoms with E-state index < -0.39 is 10.0 Å². The van der Waals surface area contributed by atoms with Gasteiger partial charge in [0, 0.05) is 17.9 Å². The van der Waals surface area contributed by atoms with Gasteiger partial charge in [-0.15, -0.1) is 0 Å². The van der Waals surface area contributed by atoms with Crippen LogP contribution >= 0.6 is 0 Å². The summed E-state index contributed by atoms with van der Waals surface area (Å²) < 4.78 is 25.1. The van der Waals surface area contributed by atoms with Gasteiger partial charge in [-0.05, 0) is 44.5 Å². The van der Waals surface area contributed by atoms with Crippen LogP contribution in [0.15, 0.2) is 18.2 Å². The number of benzene rings is 1. The van der Waals surface area contributed by atoms with Crippen molar-refractivity contribution in [2.45, 2.75) is 26.9 Å². The van der Waals surface area contributed by atoms with Crippen molar-refractivity contribution in [1.29, 1.82) is 0 Å². The van der Waals surface area contributed by atoms with Crippen molar-refractivity contribution in [2.75, 3.05) is 23.4 Å². The Morgan fingerprint density at radius 2 is 2.06 bits per heavy atom. The Kier molecular flexibility index (Phi) is 4.59. The third-order valence-electron chi connectivity index (χ3n) is 2.72. The standard InChI is InChI=1S/C12H21N3O2S/c1-5-15(10(3)14-18(4,16)17)12-7-6-11(13)8-9(12)2/h6-8,10,14H,5,13H2,1-4H3. The van der Waals surface area contributed by atoms with Crippen molar-refractivity contribution in [1.82, 2.24) is 4.72 Å². The number of aryl methyl sites for hydroxylation is 1. The molecule has 0 saturated carbocycles. The van der Waals surface area contributed by atoms with Crippen molar-refractivity contribution in [2.24, 2.45) is 0 Å². The minimum absolute atomic E-state index is 0.299. The third-order valence-corrected chi connectivity index (χ3v) is 3.49. The molecule has 1 atom stereocenters. The van der Waals surface area contributed by atoms with E-state index >= 15 is 0 Å². The molecule has 1 unspecified atom stereocenters. The lowest BCUT2D eigenvalue weighted by Crippen LogP contribution is -2.46. The topological polar surface area (TPSA) is 75.4 Å². The van der Waals surface area contributed by atoms with Gasteiger partial charge in [0.05, 0.1) is 12.4 Å². The van der Waals surface area contributed by atoms with E-state index in [1.807, 2.05) is 43.9 Å². The lowest BCUT2D eigenvalue weighted by atomic mass is 10.1. The highest BCUT2D eigenvalue weighted by atomic mass is 32.2. The Bertz CT molecular complexity index is 514. The number of nitrogens with one attached hydrogen (secondary N) is 1. The largest absolute Gasteiger partial charge is 0.399 e. The van der Waals surface area contributed by atoms with E-state index in [0.29, 0.717) is 12.2 Å². The molecule has 0 aromatic heterocycles. The van der Waals surface area contributed by atoms with Crippen LogP contribution in [0.4, 0.5) is 11.4 Å². The Morgan fingerprint density at radius 1 is 1.44 bits per heavy atom. The average Bonchev–Trinajstić information content (AvgIpc) is 2.19. The fourth-order valence-corrected chi connectivity index (χ4v) is 2.77. The molecule has 0 heterocycles. The fraction of sp³-hybridized carbons (Fsp3) is 0.500. The number of anilines is 2. The van der Waals surface area contributed by atoms with Crippen LogP contribution in [-0.2, 0) is 10.0 Å². The van der Waals surface area contributed by atoms with Crippen LogP contribution in [0.2, 0.25) is 0 Å². The fourth-order valence-electron chi connectivity index (χ4n) is 2.03. The predicted molar refractivity (Wildman–Crippen MR) is 76.1 cm³/mol.